The molecule has 1 aliphatic rings. The van der Waals surface area contributed by atoms with Crippen LogP contribution in [-0.2, 0) is 28.7 Å². The lowest BCUT2D eigenvalue weighted by molar-refractivity contribution is -0.137. The molecule has 0 spiro atoms. The van der Waals surface area contributed by atoms with Crippen molar-refractivity contribution in [3.63, 3.8) is 0 Å². The highest BCUT2D eigenvalue weighted by molar-refractivity contribution is 5.92. The second-order valence-electron chi connectivity index (χ2n) is 8.60. The zero-order valence-corrected chi connectivity index (χ0v) is 19.3. The van der Waals surface area contributed by atoms with Crippen LogP contribution in [0.4, 0.5) is 19.0 Å². The Labute approximate surface area is 205 Å². The summed E-state index contributed by atoms with van der Waals surface area (Å²) in [6.07, 6.45) is -0.995. The van der Waals surface area contributed by atoms with Gasteiger partial charge in [0.2, 0.25) is 5.91 Å². The quantitative estimate of drug-likeness (QED) is 0.429. The predicted molar refractivity (Wildman–Crippen MR) is 128 cm³/mol. The molecule has 1 fully saturated rings. The number of anilines is 1. The fourth-order valence-corrected chi connectivity index (χ4v) is 4.19. The van der Waals surface area contributed by atoms with E-state index in [1.54, 1.807) is 41.1 Å². The van der Waals surface area contributed by atoms with Gasteiger partial charge in [0, 0.05) is 43.2 Å². The van der Waals surface area contributed by atoms with Gasteiger partial charge >= 0.3 is 6.18 Å². The smallest absolute Gasteiger partial charge is 0.379 e. The molecule has 1 N–H and O–H groups in total. The van der Waals surface area contributed by atoms with Crippen molar-refractivity contribution < 1.29 is 22.7 Å². The number of morpholine rings is 1. The lowest BCUT2D eigenvalue weighted by Crippen LogP contribution is -2.35. The minimum Gasteiger partial charge on any atom is -0.379 e. The Kier molecular flexibility index (Phi) is 6.71. The van der Waals surface area contributed by atoms with Gasteiger partial charge in [0.15, 0.2) is 0 Å². The minimum absolute atomic E-state index is 0.0404. The summed E-state index contributed by atoms with van der Waals surface area (Å²) in [6, 6.07) is 14.1. The number of aromatic nitrogens is 3. The van der Waals surface area contributed by atoms with Gasteiger partial charge in [-0.05, 0) is 30.3 Å². The molecule has 5 rings (SSSR count). The molecule has 10 heteroatoms. The van der Waals surface area contributed by atoms with Crippen LogP contribution in [0.2, 0.25) is 0 Å². The van der Waals surface area contributed by atoms with E-state index in [1.807, 2.05) is 12.1 Å². The summed E-state index contributed by atoms with van der Waals surface area (Å²) in [5, 5.41) is 2.84. The van der Waals surface area contributed by atoms with Gasteiger partial charge in [-0.25, -0.2) is 9.97 Å². The lowest BCUT2D eigenvalue weighted by Gasteiger charge is -2.26. The number of carbonyl (C=O) groups is 1. The van der Waals surface area contributed by atoms with Crippen molar-refractivity contribution >= 4 is 17.4 Å². The molecule has 1 amide bonds. The molecular weight excluding hydrogens is 471 g/mol. The maximum atomic E-state index is 13.1. The second-order valence-corrected chi connectivity index (χ2v) is 8.60. The molecule has 3 aromatic heterocycles. The molecule has 1 aliphatic heterocycles. The molecule has 4 aromatic rings. The van der Waals surface area contributed by atoms with Crippen LogP contribution in [0.5, 0.6) is 0 Å². The molecule has 0 bridgehead atoms. The molecule has 4 heterocycles. The van der Waals surface area contributed by atoms with E-state index in [0.29, 0.717) is 48.0 Å². The molecular formula is C26H24F3N5O2. The van der Waals surface area contributed by atoms with Gasteiger partial charge in [0.1, 0.15) is 11.5 Å². The van der Waals surface area contributed by atoms with E-state index in [2.05, 4.69) is 20.2 Å². The predicted octanol–water partition coefficient (Wildman–Crippen LogP) is 4.43. The first-order chi connectivity index (χ1) is 17.3. The molecule has 186 valence electrons. The number of fused-ring (bicyclic) bond motifs is 1. The number of ether oxygens (including phenoxy) is 1. The second kappa shape index (κ2) is 10.1. The number of benzene rings is 1. The normalized spacial score (nSPS) is 14.8. The van der Waals surface area contributed by atoms with Crippen molar-refractivity contribution in [3.05, 3.63) is 83.8 Å². The van der Waals surface area contributed by atoms with Gasteiger partial charge in [0.25, 0.3) is 0 Å². The first-order valence-corrected chi connectivity index (χ1v) is 11.6. The van der Waals surface area contributed by atoms with Gasteiger partial charge < -0.3 is 14.5 Å². The van der Waals surface area contributed by atoms with Crippen LogP contribution in [0.25, 0.3) is 16.9 Å². The van der Waals surface area contributed by atoms with Crippen LogP contribution in [0.3, 0.4) is 0 Å². The highest BCUT2D eigenvalue weighted by Gasteiger charge is 2.30. The van der Waals surface area contributed by atoms with Crippen molar-refractivity contribution in [1.82, 2.24) is 19.3 Å². The number of imidazole rings is 1. The molecule has 1 aromatic carbocycles. The number of pyridine rings is 2. The van der Waals surface area contributed by atoms with E-state index in [0.717, 1.165) is 30.9 Å². The average molecular weight is 496 g/mol. The summed E-state index contributed by atoms with van der Waals surface area (Å²) < 4.78 is 46.5. The Morgan fingerprint density at radius 2 is 1.83 bits per heavy atom. The third-order valence-electron chi connectivity index (χ3n) is 5.96. The molecule has 0 atom stereocenters. The van der Waals surface area contributed by atoms with Gasteiger partial charge in [-0.3, -0.25) is 9.69 Å². The summed E-state index contributed by atoms with van der Waals surface area (Å²) in [5.41, 5.74) is 2.03. The van der Waals surface area contributed by atoms with E-state index < -0.39 is 11.7 Å². The number of hydrogen-bond donors (Lipinski definition) is 1. The molecule has 0 aliphatic carbocycles. The standard InChI is InChI=1S/C26H24F3N5O2/c27-26(28,29)20-6-1-4-18(14-20)22-17-34-9-3-5-19(25(34)31-22)15-24(35)32-23-8-2-7-21(30-23)16-33-10-12-36-13-11-33/h1-9,14,17H,10-13,15-16H2,(H,30,32,35). The lowest BCUT2D eigenvalue weighted by atomic mass is 10.1. The maximum Gasteiger partial charge on any atom is 0.416 e. The average Bonchev–Trinajstić information content (AvgIpc) is 3.30. The van der Waals surface area contributed by atoms with Crippen molar-refractivity contribution in [1.29, 1.82) is 0 Å². The maximum absolute atomic E-state index is 13.1. The SMILES string of the molecule is O=C(Cc1cccn2cc(-c3cccc(C(F)(F)F)c3)nc12)Nc1cccc(CN2CCOCC2)n1. The van der Waals surface area contributed by atoms with E-state index in [1.165, 1.54) is 6.07 Å². The van der Waals surface area contributed by atoms with Gasteiger partial charge in [-0.15, -0.1) is 0 Å². The number of carbonyl (C=O) groups excluding carboxylic acids is 1. The van der Waals surface area contributed by atoms with Crippen LogP contribution in [0.15, 0.2) is 67.0 Å². The number of alkyl halides is 3. The Hall–Kier alpha value is -3.76. The summed E-state index contributed by atoms with van der Waals surface area (Å²) in [4.78, 5) is 24.2. The van der Waals surface area contributed by atoms with Gasteiger partial charge in [-0.1, -0.05) is 24.3 Å². The number of amides is 1. The number of nitrogens with zero attached hydrogens (tertiary/aromatic N) is 4. The molecule has 1 saturated heterocycles. The summed E-state index contributed by atoms with van der Waals surface area (Å²) in [5.74, 6) is 0.202. The van der Waals surface area contributed by atoms with Gasteiger partial charge in [-0.2, -0.15) is 13.2 Å². The van der Waals surface area contributed by atoms with Gasteiger partial charge in [0.05, 0.1) is 36.6 Å². The summed E-state index contributed by atoms with van der Waals surface area (Å²) in [6.45, 7) is 3.76. The minimum atomic E-state index is -4.44. The first kappa shape index (κ1) is 24.0. The van der Waals surface area contributed by atoms with Crippen LogP contribution < -0.4 is 5.32 Å². The fourth-order valence-electron chi connectivity index (χ4n) is 4.19. The molecule has 7 nitrogen and oxygen atoms in total. The van der Waals surface area contributed by atoms with Crippen LogP contribution in [0.1, 0.15) is 16.8 Å². The van der Waals surface area contributed by atoms with Crippen LogP contribution >= 0.6 is 0 Å². The van der Waals surface area contributed by atoms with E-state index in [4.69, 9.17) is 4.74 Å². The summed E-state index contributed by atoms with van der Waals surface area (Å²) >= 11 is 0. The third kappa shape index (κ3) is 5.55. The van der Waals surface area contributed by atoms with Crippen molar-refractivity contribution in [2.75, 3.05) is 31.6 Å². The van der Waals surface area contributed by atoms with Crippen molar-refractivity contribution in [2.45, 2.75) is 19.1 Å². The molecule has 36 heavy (non-hydrogen) atoms. The fraction of sp³-hybridized carbons (Fsp3) is 0.269. The monoisotopic (exact) mass is 495 g/mol. The van der Waals surface area contributed by atoms with E-state index >= 15 is 0 Å². The number of hydrogen-bond acceptors (Lipinski definition) is 5. The highest BCUT2D eigenvalue weighted by Crippen LogP contribution is 2.32. The van der Waals surface area contributed by atoms with Crippen molar-refractivity contribution in [3.8, 4) is 11.3 Å². The zero-order valence-electron chi connectivity index (χ0n) is 19.3. The van der Waals surface area contributed by atoms with Crippen LogP contribution in [0, 0.1) is 0 Å². The Balaban J connectivity index is 1.31. The number of nitrogens with one attached hydrogen (secondary N) is 1. The number of halogens is 3. The molecule has 0 radical (unpaired) electrons. The molecule has 0 saturated carbocycles. The Morgan fingerprint density at radius 3 is 2.64 bits per heavy atom. The first-order valence-electron chi connectivity index (χ1n) is 11.6. The largest absolute Gasteiger partial charge is 0.416 e. The zero-order chi connectivity index (χ0) is 25.1. The highest BCUT2D eigenvalue weighted by atomic mass is 19.4. The number of rotatable bonds is 6. The van der Waals surface area contributed by atoms with E-state index in [9.17, 15) is 18.0 Å². The van der Waals surface area contributed by atoms with Crippen LogP contribution in [-0.4, -0.2) is 51.5 Å². The van der Waals surface area contributed by atoms with E-state index in [-0.39, 0.29) is 12.3 Å². The summed E-state index contributed by atoms with van der Waals surface area (Å²) in [7, 11) is 0. The Bertz CT molecular complexity index is 1380. The third-order valence-corrected chi connectivity index (χ3v) is 5.96. The topological polar surface area (TPSA) is 71.8 Å². The van der Waals surface area contributed by atoms with Crippen molar-refractivity contribution in [2.24, 2.45) is 0 Å². The molecule has 0 unspecified atom stereocenters. The Morgan fingerprint density at radius 1 is 1.03 bits per heavy atom.